The first kappa shape index (κ1) is 20.4. The number of benzene rings is 2. The molecule has 1 fully saturated rings. The average Bonchev–Trinajstić information content (AvgIpc) is 3.48. The summed E-state index contributed by atoms with van der Waals surface area (Å²) in [6.45, 7) is 2.77. The second-order valence-electron chi connectivity index (χ2n) is 8.06. The number of fused-ring (bicyclic) bond motifs is 1. The van der Waals surface area contributed by atoms with Gasteiger partial charge < -0.3 is 9.30 Å². The molecule has 0 N–H and O–H groups in total. The Kier molecular flexibility index (Phi) is 5.22. The summed E-state index contributed by atoms with van der Waals surface area (Å²) in [5, 5.41) is 0. The Labute approximate surface area is 183 Å². The maximum absolute atomic E-state index is 13.6. The van der Waals surface area contributed by atoms with Crippen LogP contribution in [-0.2, 0) is 11.3 Å². The number of nitrogens with zero attached hydrogens (tertiary/aromatic N) is 4. The zero-order valence-electron chi connectivity index (χ0n) is 17.6. The molecule has 0 unspecified atom stereocenters. The van der Waals surface area contributed by atoms with Crippen molar-refractivity contribution in [1.29, 1.82) is 0 Å². The van der Waals surface area contributed by atoms with Crippen LogP contribution < -0.4 is 11.2 Å². The van der Waals surface area contributed by atoms with Crippen molar-refractivity contribution in [2.75, 3.05) is 6.61 Å². The van der Waals surface area contributed by atoms with Crippen LogP contribution in [-0.4, -0.2) is 31.4 Å². The summed E-state index contributed by atoms with van der Waals surface area (Å²) in [6.07, 6.45) is 3.08. The fraction of sp³-hybridized carbons (Fsp3) is 0.292. The number of ether oxygens (including phenoxy) is 1. The van der Waals surface area contributed by atoms with E-state index in [-0.39, 0.29) is 24.3 Å². The Hall–Kier alpha value is -3.52. The number of hydrogen-bond donors (Lipinski definition) is 0. The van der Waals surface area contributed by atoms with Gasteiger partial charge in [-0.3, -0.25) is 9.36 Å². The van der Waals surface area contributed by atoms with Crippen LogP contribution in [0.5, 0.6) is 0 Å². The van der Waals surface area contributed by atoms with Gasteiger partial charge in [-0.1, -0.05) is 30.3 Å². The Morgan fingerprint density at radius 1 is 1.12 bits per heavy atom. The van der Waals surface area contributed by atoms with Gasteiger partial charge in [0.15, 0.2) is 11.2 Å². The van der Waals surface area contributed by atoms with Gasteiger partial charge in [0, 0.05) is 6.61 Å². The zero-order chi connectivity index (χ0) is 22.2. The van der Waals surface area contributed by atoms with Gasteiger partial charge in [-0.25, -0.2) is 18.7 Å². The molecule has 1 saturated heterocycles. The summed E-state index contributed by atoms with van der Waals surface area (Å²) in [5.41, 5.74) is 1.11. The first-order valence-corrected chi connectivity index (χ1v) is 10.7. The van der Waals surface area contributed by atoms with E-state index in [0.717, 1.165) is 18.4 Å². The summed E-state index contributed by atoms with van der Waals surface area (Å²) in [5.74, 6) is -0.408. The van der Waals surface area contributed by atoms with E-state index in [4.69, 9.17) is 4.74 Å². The summed E-state index contributed by atoms with van der Waals surface area (Å²) in [4.78, 5) is 31.5. The molecule has 0 bridgehead atoms. The summed E-state index contributed by atoms with van der Waals surface area (Å²) in [7, 11) is 0. The molecule has 2 atom stereocenters. The lowest BCUT2D eigenvalue weighted by Gasteiger charge is -2.17. The van der Waals surface area contributed by atoms with E-state index >= 15 is 0 Å². The van der Waals surface area contributed by atoms with E-state index in [1.54, 1.807) is 10.9 Å². The van der Waals surface area contributed by atoms with E-state index in [1.807, 2.05) is 37.3 Å². The van der Waals surface area contributed by atoms with E-state index in [1.165, 1.54) is 33.4 Å². The molecule has 1 aliphatic rings. The van der Waals surface area contributed by atoms with Crippen molar-refractivity contribution in [3.8, 4) is 5.69 Å². The summed E-state index contributed by atoms with van der Waals surface area (Å²) >= 11 is 0. The molecule has 2 aromatic carbocycles. The molecule has 2 aromatic heterocycles. The van der Waals surface area contributed by atoms with Crippen LogP contribution in [0.15, 0.2) is 70.5 Å². The molecule has 0 radical (unpaired) electrons. The highest BCUT2D eigenvalue weighted by atomic mass is 19.1. The van der Waals surface area contributed by atoms with Gasteiger partial charge in [0.2, 0.25) is 0 Å². The highest BCUT2D eigenvalue weighted by molar-refractivity contribution is 5.72. The molecule has 0 spiro atoms. The van der Waals surface area contributed by atoms with Crippen LogP contribution in [0, 0.1) is 5.82 Å². The van der Waals surface area contributed by atoms with Crippen molar-refractivity contribution < 1.29 is 9.13 Å². The first-order valence-electron chi connectivity index (χ1n) is 10.7. The molecular weight excluding hydrogens is 411 g/mol. The molecule has 0 saturated carbocycles. The van der Waals surface area contributed by atoms with Gasteiger partial charge in [-0.2, -0.15) is 0 Å². The SMILES string of the molecule is C[C@H](c1ccccc1)n1cnc2c1c(=O)n(C[C@@H]1CCCO1)c(=O)n2-c1ccc(F)cc1. The molecule has 0 amide bonds. The third kappa shape index (κ3) is 3.46. The lowest BCUT2D eigenvalue weighted by atomic mass is 10.1. The summed E-state index contributed by atoms with van der Waals surface area (Å²) < 4.78 is 23.6. The second-order valence-corrected chi connectivity index (χ2v) is 8.06. The zero-order valence-corrected chi connectivity index (χ0v) is 17.6. The monoisotopic (exact) mass is 434 g/mol. The van der Waals surface area contributed by atoms with Gasteiger partial charge in [0.25, 0.3) is 5.56 Å². The lowest BCUT2D eigenvalue weighted by molar-refractivity contribution is 0.0950. The predicted octanol–water partition coefficient (Wildman–Crippen LogP) is 3.28. The maximum atomic E-state index is 13.6. The number of halogens is 1. The van der Waals surface area contributed by atoms with Crippen molar-refractivity contribution in [2.24, 2.45) is 0 Å². The molecule has 5 rings (SSSR count). The second kappa shape index (κ2) is 8.20. The molecular formula is C24H23FN4O3. The Morgan fingerprint density at radius 3 is 2.56 bits per heavy atom. The molecule has 8 heteroatoms. The van der Waals surface area contributed by atoms with Crippen molar-refractivity contribution >= 4 is 11.2 Å². The van der Waals surface area contributed by atoms with E-state index in [2.05, 4.69) is 4.98 Å². The smallest absolute Gasteiger partial charge is 0.337 e. The highest BCUT2D eigenvalue weighted by Gasteiger charge is 2.24. The minimum atomic E-state index is -0.512. The molecule has 3 heterocycles. The van der Waals surface area contributed by atoms with Gasteiger partial charge in [-0.15, -0.1) is 0 Å². The van der Waals surface area contributed by atoms with E-state index in [9.17, 15) is 14.0 Å². The number of rotatable bonds is 5. The molecule has 7 nitrogen and oxygen atoms in total. The van der Waals surface area contributed by atoms with Gasteiger partial charge >= 0.3 is 5.69 Å². The Balaban J connectivity index is 1.76. The third-order valence-corrected chi connectivity index (χ3v) is 6.05. The third-order valence-electron chi connectivity index (χ3n) is 6.05. The average molecular weight is 434 g/mol. The minimum absolute atomic E-state index is 0.166. The maximum Gasteiger partial charge on any atom is 0.337 e. The molecule has 164 valence electrons. The van der Waals surface area contributed by atoms with E-state index in [0.29, 0.717) is 17.8 Å². The topological polar surface area (TPSA) is 71.1 Å². The molecule has 1 aliphatic heterocycles. The highest BCUT2D eigenvalue weighted by Crippen LogP contribution is 2.22. The molecule has 0 aliphatic carbocycles. The quantitative estimate of drug-likeness (QED) is 0.483. The van der Waals surface area contributed by atoms with E-state index < -0.39 is 17.1 Å². The Morgan fingerprint density at radius 2 is 1.88 bits per heavy atom. The van der Waals surface area contributed by atoms with Crippen molar-refractivity contribution in [3.05, 3.63) is 93.1 Å². The van der Waals surface area contributed by atoms with Crippen molar-refractivity contribution in [3.63, 3.8) is 0 Å². The fourth-order valence-electron chi connectivity index (χ4n) is 4.31. The van der Waals surface area contributed by atoms with Gasteiger partial charge in [0.05, 0.1) is 30.7 Å². The van der Waals surface area contributed by atoms with Gasteiger partial charge in [0.1, 0.15) is 5.82 Å². The largest absolute Gasteiger partial charge is 0.376 e. The number of imidazole rings is 1. The van der Waals surface area contributed by atoms with Crippen LogP contribution in [0.2, 0.25) is 0 Å². The van der Waals surface area contributed by atoms with Crippen LogP contribution in [0.25, 0.3) is 16.9 Å². The predicted molar refractivity (Wildman–Crippen MR) is 119 cm³/mol. The van der Waals surface area contributed by atoms with Crippen LogP contribution in [0.3, 0.4) is 0 Å². The van der Waals surface area contributed by atoms with Crippen LogP contribution in [0.4, 0.5) is 4.39 Å². The Bertz CT molecular complexity index is 1370. The number of aromatic nitrogens is 4. The normalized spacial score (nSPS) is 17.1. The number of hydrogen-bond acceptors (Lipinski definition) is 4. The molecule has 4 aromatic rings. The van der Waals surface area contributed by atoms with Crippen molar-refractivity contribution in [2.45, 2.75) is 38.5 Å². The van der Waals surface area contributed by atoms with Gasteiger partial charge in [-0.05, 0) is 49.6 Å². The minimum Gasteiger partial charge on any atom is -0.376 e. The molecule has 32 heavy (non-hydrogen) atoms. The first-order chi connectivity index (χ1) is 15.5. The fourth-order valence-corrected chi connectivity index (χ4v) is 4.31. The lowest BCUT2D eigenvalue weighted by Crippen LogP contribution is -2.42. The van der Waals surface area contributed by atoms with Crippen LogP contribution in [0.1, 0.15) is 31.4 Å². The standard InChI is InChI=1S/C24H23FN4O3/c1-16(17-6-3-2-4-7-17)28-15-26-22-21(28)23(30)27(14-20-8-5-13-32-20)24(31)29(22)19-11-9-18(25)10-12-19/h2-4,6-7,9-12,15-16,20H,5,8,13-14H2,1H3/t16-,20+/m1/s1. The van der Waals surface area contributed by atoms with Crippen molar-refractivity contribution in [1.82, 2.24) is 18.7 Å². The summed E-state index contributed by atoms with van der Waals surface area (Å²) in [6, 6.07) is 15.2. The van der Waals surface area contributed by atoms with Crippen LogP contribution >= 0.6 is 0 Å².